The fraction of sp³-hybridized carbons (Fsp3) is 0.494. The van der Waals surface area contributed by atoms with Gasteiger partial charge in [0, 0.05) is 0 Å². The maximum atomic E-state index is 15.6. The summed E-state index contributed by atoms with van der Waals surface area (Å²) in [4.78, 5) is 15.6. The third kappa shape index (κ3) is 25.9. The first-order valence-corrected chi connectivity index (χ1v) is 36.8. The molecule has 1 N–H and O–H groups in total. The molecule has 2 aliphatic rings. The van der Waals surface area contributed by atoms with E-state index >= 15 is 4.79 Å². The minimum Gasteiger partial charge on any atom is -0.463 e. The van der Waals surface area contributed by atoms with E-state index in [0.717, 1.165) is 83.9 Å². The molecular weight excluding hydrogens is 1230 g/mol. The molecule has 2 fully saturated rings. The van der Waals surface area contributed by atoms with Gasteiger partial charge in [0.05, 0.1) is 64.9 Å². The van der Waals surface area contributed by atoms with Crippen LogP contribution in [0.25, 0.3) is 0 Å². The number of aliphatic hydroxyl groups is 1. The van der Waals surface area contributed by atoms with Gasteiger partial charge in [0.15, 0.2) is 12.6 Å². The topological polar surface area (TPSA) is 139 Å². The average molecular weight is 1340 g/mol. The van der Waals surface area contributed by atoms with Crippen LogP contribution in [-0.4, -0.2) is 91.8 Å². The van der Waals surface area contributed by atoms with Crippen molar-refractivity contribution in [3.63, 3.8) is 0 Å². The van der Waals surface area contributed by atoms with Crippen molar-refractivity contribution < 1.29 is 62.0 Å². The Morgan fingerprint density at radius 3 is 0.980 bits per heavy atom. The van der Waals surface area contributed by atoms with Crippen molar-refractivity contribution in [2.24, 2.45) is 5.92 Å². The van der Waals surface area contributed by atoms with E-state index in [0.29, 0.717) is 13.0 Å². The van der Waals surface area contributed by atoms with Crippen LogP contribution in [0.4, 0.5) is 0 Å². The van der Waals surface area contributed by atoms with E-state index in [1.54, 1.807) is 0 Å². The third-order valence-corrected chi connectivity index (χ3v) is 18.8. The van der Waals surface area contributed by atoms with E-state index in [1.165, 1.54) is 70.6 Å². The number of unbranched alkanes of at least 4 members (excludes halogenated alkanes) is 15. The van der Waals surface area contributed by atoms with Crippen LogP contribution >= 0.6 is 0 Å². The van der Waals surface area contributed by atoms with Gasteiger partial charge in [-0.1, -0.05) is 335 Å². The summed E-state index contributed by atoms with van der Waals surface area (Å²) in [5.41, 5.74) is 6.60. The van der Waals surface area contributed by atoms with Crippen molar-refractivity contribution in [3.05, 3.63) is 251 Å². The quantitative estimate of drug-likeness (QED) is 0.0286. The molecule has 2 saturated heterocycles. The summed E-state index contributed by atoms with van der Waals surface area (Å²) in [6.07, 6.45) is 10.7. The maximum Gasteiger partial charge on any atom is 0.311 e. The van der Waals surface area contributed by atoms with Crippen LogP contribution in [0.2, 0.25) is 0 Å². The number of carbonyl (C=O) groups is 1. The van der Waals surface area contributed by atoms with Gasteiger partial charge in [0.1, 0.15) is 55.4 Å². The number of carbonyl (C=O) groups excluding carboxylic acids is 1. The molecular formula is C85H110O13. The first-order valence-electron chi connectivity index (χ1n) is 36.8. The second-order valence-corrected chi connectivity index (χ2v) is 26.4. The summed E-state index contributed by atoms with van der Waals surface area (Å²) in [5.74, 6) is -0.901. The molecule has 0 amide bonds. The highest BCUT2D eigenvalue weighted by molar-refractivity contribution is 5.73. The van der Waals surface area contributed by atoms with Crippen LogP contribution in [-0.2, 0) is 103 Å². The molecule has 2 aliphatic heterocycles. The lowest BCUT2D eigenvalue weighted by molar-refractivity contribution is -0.393. The molecule has 98 heavy (non-hydrogen) atoms. The molecule has 13 nitrogen and oxygen atoms in total. The van der Waals surface area contributed by atoms with Gasteiger partial charge in [-0.25, -0.2) is 0 Å². The van der Waals surface area contributed by atoms with Gasteiger partial charge >= 0.3 is 5.97 Å². The summed E-state index contributed by atoms with van der Waals surface area (Å²) in [7, 11) is 0. The number of ether oxygens (including phenoxy) is 11. The minimum absolute atomic E-state index is 0.145. The zero-order valence-electron chi connectivity index (χ0n) is 58.3. The van der Waals surface area contributed by atoms with Gasteiger partial charge in [0.25, 0.3) is 0 Å². The van der Waals surface area contributed by atoms with E-state index in [9.17, 15) is 5.11 Å². The molecule has 0 radical (unpaired) electrons. The molecule has 0 aromatic heterocycles. The molecule has 0 unspecified atom stereocenters. The van der Waals surface area contributed by atoms with Crippen molar-refractivity contribution >= 4 is 5.97 Å². The standard InChI is InChI=1S/C85H110O13/c1-3-5-7-9-11-13-15-17-40-56-74(88-58-66-41-25-18-26-42-66)73(55-39-16-14-12-10-8-6-4-2)83(87)95-65-76-78(90-60-68-45-29-20-30-46-68)80(92-62-70-49-33-22-34-50-70)82(94-64-72-53-37-24-38-54-72)85(97-76)98-84-81(93-63-71-51-35-23-36-52-71)79(91-61-69-47-31-21-32-48-69)77(75(57-86)96-84)89-59-67-43-27-19-28-44-67/h18-38,41-54,73-82,84-86H,3-17,39-40,55-65H2,1-2H3/t73-,74-,75+,76+,77+,78+,79-,80-,81+,82+,84+,85+/m0/s1. The zero-order chi connectivity index (χ0) is 67.9. The molecule has 0 saturated carbocycles. The second-order valence-electron chi connectivity index (χ2n) is 26.4. The zero-order valence-corrected chi connectivity index (χ0v) is 58.3. The van der Waals surface area contributed by atoms with Gasteiger partial charge in [-0.05, 0) is 51.8 Å². The predicted molar refractivity (Wildman–Crippen MR) is 384 cm³/mol. The Bertz CT molecular complexity index is 3130. The Morgan fingerprint density at radius 2 is 0.633 bits per heavy atom. The van der Waals surface area contributed by atoms with Crippen LogP contribution in [0.3, 0.4) is 0 Å². The second kappa shape index (κ2) is 44.6. The lowest BCUT2D eigenvalue weighted by atomic mass is 9.91. The van der Waals surface area contributed by atoms with Crippen LogP contribution < -0.4 is 0 Å². The summed E-state index contributed by atoms with van der Waals surface area (Å²) in [6.45, 7) is 5.28. The highest BCUT2D eigenvalue weighted by atomic mass is 16.8. The van der Waals surface area contributed by atoms with Crippen molar-refractivity contribution in [3.8, 4) is 0 Å². The van der Waals surface area contributed by atoms with E-state index in [-0.39, 0.29) is 52.2 Å². The third-order valence-electron chi connectivity index (χ3n) is 18.8. The van der Waals surface area contributed by atoms with Crippen LogP contribution in [0.1, 0.15) is 175 Å². The lowest BCUT2D eigenvalue weighted by Gasteiger charge is -2.49. The van der Waals surface area contributed by atoms with Crippen molar-refractivity contribution in [1.82, 2.24) is 0 Å². The van der Waals surface area contributed by atoms with Crippen LogP contribution in [0.15, 0.2) is 212 Å². The molecule has 9 rings (SSSR count). The summed E-state index contributed by atoms with van der Waals surface area (Å²) in [6, 6.07) is 69.9. The van der Waals surface area contributed by atoms with Crippen LogP contribution in [0.5, 0.6) is 0 Å². The Kier molecular flexibility index (Phi) is 34.5. The summed E-state index contributed by atoms with van der Waals surface area (Å²) in [5, 5.41) is 11.5. The van der Waals surface area contributed by atoms with Crippen molar-refractivity contribution in [2.75, 3.05) is 13.2 Å². The number of hydrogen-bond donors (Lipinski definition) is 1. The molecule has 2 heterocycles. The molecule has 7 aromatic rings. The lowest BCUT2D eigenvalue weighted by Crippen LogP contribution is -2.66. The highest BCUT2D eigenvalue weighted by Crippen LogP contribution is 2.38. The number of esters is 1. The molecule has 0 aliphatic carbocycles. The smallest absolute Gasteiger partial charge is 0.311 e. The number of hydrogen-bond acceptors (Lipinski definition) is 13. The predicted octanol–water partition coefficient (Wildman–Crippen LogP) is 18.2. The number of aliphatic hydroxyl groups excluding tert-OH is 1. The van der Waals surface area contributed by atoms with E-state index in [1.807, 2.05) is 200 Å². The number of benzene rings is 7. The fourth-order valence-corrected chi connectivity index (χ4v) is 13.2. The molecule has 12 atom stereocenters. The first-order chi connectivity index (χ1) is 48.5. The summed E-state index contributed by atoms with van der Waals surface area (Å²) >= 11 is 0. The highest BCUT2D eigenvalue weighted by Gasteiger charge is 2.55. The Labute approximate surface area is 585 Å². The molecule has 7 aromatic carbocycles. The van der Waals surface area contributed by atoms with Gasteiger partial charge in [0.2, 0.25) is 0 Å². The average Bonchev–Trinajstić information content (AvgIpc) is 0.774. The first kappa shape index (κ1) is 75.8. The number of rotatable bonds is 47. The Morgan fingerprint density at radius 1 is 0.347 bits per heavy atom. The Balaban J connectivity index is 1.08. The monoisotopic (exact) mass is 1340 g/mol. The van der Waals surface area contributed by atoms with E-state index < -0.39 is 80.0 Å². The molecule has 13 heteroatoms. The molecule has 528 valence electrons. The fourth-order valence-electron chi connectivity index (χ4n) is 13.2. The van der Waals surface area contributed by atoms with Gasteiger partial charge in [-0.3, -0.25) is 4.79 Å². The van der Waals surface area contributed by atoms with Crippen LogP contribution in [0, 0.1) is 5.92 Å². The van der Waals surface area contributed by atoms with Gasteiger partial charge in [-0.2, -0.15) is 0 Å². The maximum absolute atomic E-state index is 15.6. The largest absolute Gasteiger partial charge is 0.463 e. The summed E-state index contributed by atoms with van der Waals surface area (Å²) < 4.78 is 78.1. The van der Waals surface area contributed by atoms with E-state index in [4.69, 9.17) is 52.1 Å². The van der Waals surface area contributed by atoms with Gasteiger partial charge in [-0.15, -0.1) is 0 Å². The van der Waals surface area contributed by atoms with Crippen molar-refractivity contribution in [1.29, 1.82) is 0 Å². The minimum atomic E-state index is -1.30. The Hall–Kier alpha value is -6.43. The SMILES string of the molecule is CCCCCCCCCCC[C@H](OCc1ccccc1)[C@H](CCCCCCCCCC)C(=O)OC[C@H]1O[C@H](O[C@H]2O[C@H](CO)[C@@H](OCc3ccccc3)[C@H](OCc3ccccc3)[C@H]2OCc2ccccc2)[C@H](OCc2ccccc2)[C@@H](OCc2ccccc2)[C@@H]1OCc1ccccc1. The normalized spacial score (nSPS) is 21.5. The van der Waals surface area contributed by atoms with E-state index in [2.05, 4.69) is 26.0 Å². The van der Waals surface area contributed by atoms with Crippen molar-refractivity contribution in [2.45, 2.75) is 250 Å². The molecule has 0 bridgehead atoms. The van der Waals surface area contributed by atoms with Gasteiger partial charge < -0.3 is 57.2 Å². The molecule has 0 spiro atoms.